The minimum absolute atomic E-state index is 0.0815. The normalized spacial score (nSPS) is 49.2. The zero-order valence-corrected chi connectivity index (χ0v) is 13.3. The summed E-state index contributed by atoms with van der Waals surface area (Å²) >= 11 is 0. The molecule has 4 rings (SSSR count). The van der Waals surface area contributed by atoms with Crippen molar-refractivity contribution in [2.45, 2.75) is 65.2 Å². The van der Waals surface area contributed by atoms with Crippen molar-refractivity contribution in [2.75, 3.05) is 0 Å². The molecule has 0 aliphatic heterocycles. The van der Waals surface area contributed by atoms with Gasteiger partial charge in [0.15, 0.2) is 0 Å². The van der Waals surface area contributed by atoms with Crippen LogP contribution in [0.5, 0.6) is 0 Å². The molecule has 0 amide bonds. The molecule has 0 saturated heterocycles. The lowest BCUT2D eigenvalue weighted by Gasteiger charge is -2.54. The number of rotatable bonds is 0. The maximum absolute atomic E-state index is 12.3. The van der Waals surface area contributed by atoms with Crippen LogP contribution in [0, 0.1) is 28.6 Å². The zero-order chi connectivity index (χ0) is 14.8. The van der Waals surface area contributed by atoms with Crippen LogP contribution in [0.25, 0.3) is 0 Å². The van der Waals surface area contributed by atoms with Gasteiger partial charge in [-0.1, -0.05) is 25.5 Å². The molecule has 1 unspecified atom stereocenters. The van der Waals surface area contributed by atoms with Crippen molar-refractivity contribution in [3.05, 3.63) is 11.6 Å². The average molecular weight is 286 g/mol. The van der Waals surface area contributed by atoms with Crippen LogP contribution >= 0.6 is 0 Å². The molecule has 0 aromatic heterocycles. The lowest BCUT2D eigenvalue weighted by atomic mass is 9.49. The monoisotopic (exact) mass is 286 g/mol. The van der Waals surface area contributed by atoms with Gasteiger partial charge in [-0.15, -0.1) is 0 Å². The van der Waals surface area contributed by atoms with Gasteiger partial charge in [0, 0.05) is 24.7 Å². The summed E-state index contributed by atoms with van der Waals surface area (Å²) in [7, 11) is 0. The standard InChI is InChI=1S/C19H26O2/c1-18-9-7-13(20)11-12(18)3-4-14-15-5-6-17(21)19(15,2)10-8-16(14)18/h8,12,14-15H,3-7,9-11H2,1-2H3/t12-,14?,15+,18+,19+/m1/s1. The first-order valence-corrected chi connectivity index (χ1v) is 8.71. The van der Waals surface area contributed by atoms with Gasteiger partial charge in [0.05, 0.1) is 0 Å². The molecule has 0 heterocycles. The van der Waals surface area contributed by atoms with Crippen molar-refractivity contribution in [1.82, 2.24) is 0 Å². The van der Waals surface area contributed by atoms with Gasteiger partial charge >= 0.3 is 0 Å². The SMILES string of the molecule is C[C@]12CCC(=O)C[C@H]1CCC1C2=CC[C@]2(C)C(=O)CC[C@@H]12. The first-order chi connectivity index (χ1) is 9.95. The number of Topliss-reactive ketones (excluding diaryl/α,β-unsaturated/α-hetero) is 2. The van der Waals surface area contributed by atoms with Gasteiger partial charge in [-0.25, -0.2) is 0 Å². The molecule has 2 nitrogen and oxygen atoms in total. The molecule has 0 bridgehead atoms. The van der Waals surface area contributed by atoms with Gasteiger partial charge in [0.2, 0.25) is 0 Å². The third-order valence-electron chi connectivity index (χ3n) is 7.55. The van der Waals surface area contributed by atoms with Crippen LogP contribution in [0.2, 0.25) is 0 Å². The minimum atomic E-state index is -0.0815. The number of allylic oxidation sites excluding steroid dienone is 2. The predicted molar refractivity (Wildman–Crippen MR) is 81.7 cm³/mol. The fraction of sp³-hybridized carbons (Fsp3) is 0.789. The van der Waals surface area contributed by atoms with E-state index in [-0.39, 0.29) is 10.8 Å². The maximum Gasteiger partial charge on any atom is 0.139 e. The van der Waals surface area contributed by atoms with Gasteiger partial charge in [-0.2, -0.15) is 0 Å². The molecule has 5 atom stereocenters. The van der Waals surface area contributed by atoms with Crippen molar-refractivity contribution in [2.24, 2.45) is 28.6 Å². The molecule has 2 heteroatoms. The zero-order valence-electron chi connectivity index (χ0n) is 13.3. The van der Waals surface area contributed by atoms with Crippen molar-refractivity contribution in [3.63, 3.8) is 0 Å². The second-order valence-electron chi connectivity index (χ2n) is 8.39. The molecule has 114 valence electrons. The van der Waals surface area contributed by atoms with Gasteiger partial charge in [0.1, 0.15) is 11.6 Å². The van der Waals surface area contributed by atoms with Gasteiger partial charge < -0.3 is 0 Å². The van der Waals surface area contributed by atoms with Gasteiger partial charge in [-0.3, -0.25) is 9.59 Å². The van der Waals surface area contributed by atoms with E-state index in [1.807, 2.05) is 0 Å². The number of carbonyl (C=O) groups is 2. The molecule has 0 radical (unpaired) electrons. The Kier molecular flexibility index (Phi) is 2.81. The van der Waals surface area contributed by atoms with Crippen LogP contribution in [0.15, 0.2) is 11.6 Å². The molecule has 0 aromatic carbocycles. The maximum atomic E-state index is 12.3. The fourth-order valence-electron chi connectivity index (χ4n) is 6.10. The molecule has 0 aromatic rings. The molecule has 4 aliphatic rings. The van der Waals surface area contributed by atoms with E-state index in [1.54, 1.807) is 5.57 Å². The largest absolute Gasteiger partial charge is 0.300 e. The van der Waals surface area contributed by atoms with Crippen molar-refractivity contribution in [3.8, 4) is 0 Å². The third kappa shape index (κ3) is 1.71. The summed E-state index contributed by atoms with van der Waals surface area (Å²) in [5.41, 5.74) is 1.79. The smallest absolute Gasteiger partial charge is 0.139 e. The van der Waals surface area contributed by atoms with E-state index in [4.69, 9.17) is 0 Å². The van der Waals surface area contributed by atoms with E-state index >= 15 is 0 Å². The van der Waals surface area contributed by atoms with Crippen LogP contribution in [0.3, 0.4) is 0 Å². The van der Waals surface area contributed by atoms with E-state index in [0.29, 0.717) is 29.3 Å². The Balaban J connectivity index is 1.72. The van der Waals surface area contributed by atoms with E-state index in [1.165, 1.54) is 12.8 Å². The molecular formula is C19H26O2. The fourth-order valence-corrected chi connectivity index (χ4v) is 6.10. The van der Waals surface area contributed by atoms with Crippen molar-refractivity contribution >= 4 is 11.6 Å². The van der Waals surface area contributed by atoms with E-state index in [2.05, 4.69) is 19.9 Å². The Labute approximate surface area is 127 Å². The first kappa shape index (κ1) is 13.7. The Morgan fingerprint density at radius 1 is 1.05 bits per heavy atom. The Hall–Kier alpha value is -0.920. The Bertz CT molecular complexity index is 546. The molecular weight excluding hydrogens is 260 g/mol. The first-order valence-electron chi connectivity index (χ1n) is 8.71. The predicted octanol–water partition coefficient (Wildman–Crippen LogP) is 4.09. The van der Waals surface area contributed by atoms with E-state index in [0.717, 1.165) is 38.5 Å². The molecule has 3 saturated carbocycles. The highest BCUT2D eigenvalue weighted by molar-refractivity contribution is 5.87. The average Bonchev–Trinajstić information content (AvgIpc) is 2.76. The molecule has 3 fully saturated rings. The van der Waals surface area contributed by atoms with Crippen LogP contribution in [-0.4, -0.2) is 11.6 Å². The number of hydrogen-bond acceptors (Lipinski definition) is 2. The topological polar surface area (TPSA) is 34.1 Å². The Morgan fingerprint density at radius 2 is 1.86 bits per heavy atom. The molecule has 0 N–H and O–H groups in total. The Morgan fingerprint density at radius 3 is 2.67 bits per heavy atom. The molecule has 21 heavy (non-hydrogen) atoms. The minimum Gasteiger partial charge on any atom is -0.300 e. The summed E-state index contributed by atoms with van der Waals surface area (Å²) in [5, 5.41) is 0. The summed E-state index contributed by atoms with van der Waals surface area (Å²) in [6.45, 7) is 4.61. The summed E-state index contributed by atoms with van der Waals surface area (Å²) in [5.74, 6) is 2.70. The lowest BCUT2D eigenvalue weighted by Crippen LogP contribution is -2.48. The number of carbonyl (C=O) groups excluding carboxylic acids is 2. The van der Waals surface area contributed by atoms with Gasteiger partial charge in [-0.05, 0) is 55.3 Å². The summed E-state index contributed by atoms with van der Waals surface area (Å²) in [6, 6.07) is 0. The number of fused-ring (bicyclic) bond motifs is 5. The number of ketones is 2. The van der Waals surface area contributed by atoms with Crippen LogP contribution in [0.4, 0.5) is 0 Å². The second-order valence-corrected chi connectivity index (χ2v) is 8.39. The van der Waals surface area contributed by atoms with Crippen LogP contribution < -0.4 is 0 Å². The molecule has 0 spiro atoms. The number of hydrogen-bond donors (Lipinski definition) is 0. The quantitative estimate of drug-likeness (QED) is 0.629. The highest BCUT2D eigenvalue weighted by Gasteiger charge is 2.56. The molecule has 4 aliphatic carbocycles. The highest BCUT2D eigenvalue weighted by Crippen LogP contribution is 2.62. The van der Waals surface area contributed by atoms with Crippen LogP contribution in [0.1, 0.15) is 65.2 Å². The summed E-state index contributed by atoms with van der Waals surface area (Å²) in [6.07, 6.45) is 10.2. The van der Waals surface area contributed by atoms with Crippen molar-refractivity contribution < 1.29 is 9.59 Å². The highest BCUT2D eigenvalue weighted by atomic mass is 16.1. The van der Waals surface area contributed by atoms with Crippen LogP contribution in [-0.2, 0) is 9.59 Å². The van der Waals surface area contributed by atoms with Gasteiger partial charge in [0.25, 0.3) is 0 Å². The lowest BCUT2D eigenvalue weighted by molar-refractivity contribution is -0.128. The third-order valence-corrected chi connectivity index (χ3v) is 7.55. The van der Waals surface area contributed by atoms with E-state index < -0.39 is 0 Å². The summed E-state index contributed by atoms with van der Waals surface area (Å²) in [4.78, 5) is 24.2. The van der Waals surface area contributed by atoms with Crippen molar-refractivity contribution in [1.29, 1.82) is 0 Å². The van der Waals surface area contributed by atoms with E-state index in [9.17, 15) is 9.59 Å². The second kappa shape index (κ2) is 4.30. The summed E-state index contributed by atoms with van der Waals surface area (Å²) < 4.78 is 0.